The molecule has 3 aromatic rings. The Morgan fingerprint density at radius 2 is 2.00 bits per heavy atom. The molecule has 1 aromatic heterocycles. The molecule has 1 N–H and O–H groups in total. The minimum atomic E-state index is -0.423. The molecule has 0 aliphatic carbocycles. The Bertz CT molecular complexity index is 941. The molecule has 0 aliphatic rings. The van der Waals surface area contributed by atoms with Crippen LogP contribution in [0.15, 0.2) is 66.0 Å². The molecule has 0 aliphatic heterocycles. The van der Waals surface area contributed by atoms with Crippen LogP contribution in [0.25, 0.3) is 16.9 Å². The van der Waals surface area contributed by atoms with Crippen LogP contribution in [0.5, 0.6) is 0 Å². The van der Waals surface area contributed by atoms with E-state index in [9.17, 15) is 14.9 Å². The van der Waals surface area contributed by atoms with Crippen molar-refractivity contribution < 1.29 is 9.72 Å². The number of amides is 1. The van der Waals surface area contributed by atoms with Gasteiger partial charge in [-0.25, -0.2) is 4.98 Å². The van der Waals surface area contributed by atoms with Crippen molar-refractivity contribution in [2.75, 3.05) is 12.8 Å². The highest BCUT2D eigenvalue weighted by molar-refractivity contribution is 7.99. The number of aromatic nitrogens is 2. The Balaban J connectivity index is 2.08. The second-order valence-corrected chi connectivity index (χ2v) is 6.31. The number of non-ortho nitro benzene ring substituents is 1. The van der Waals surface area contributed by atoms with Crippen LogP contribution < -0.4 is 5.32 Å². The summed E-state index contributed by atoms with van der Waals surface area (Å²) >= 11 is 1.31. The van der Waals surface area contributed by atoms with Crippen molar-refractivity contribution in [2.45, 2.75) is 5.16 Å². The van der Waals surface area contributed by atoms with Crippen molar-refractivity contribution in [3.05, 3.63) is 70.9 Å². The monoisotopic (exact) mass is 368 g/mol. The summed E-state index contributed by atoms with van der Waals surface area (Å²) in [6, 6.07) is 16.0. The number of hydrogen-bond donors (Lipinski definition) is 1. The topological polar surface area (TPSA) is 90.1 Å². The predicted octanol–water partition coefficient (Wildman–Crippen LogP) is 3.29. The van der Waals surface area contributed by atoms with Crippen LogP contribution in [0, 0.1) is 10.1 Å². The van der Waals surface area contributed by atoms with Gasteiger partial charge in [0.05, 0.1) is 22.6 Å². The number of nitrogens with zero attached hydrogens (tertiary/aromatic N) is 3. The Morgan fingerprint density at radius 1 is 1.23 bits per heavy atom. The van der Waals surface area contributed by atoms with Crippen LogP contribution in [0.2, 0.25) is 0 Å². The van der Waals surface area contributed by atoms with Crippen LogP contribution >= 0.6 is 11.8 Å². The highest BCUT2D eigenvalue weighted by atomic mass is 32.2. The number of para-hydroxylation sites is 1. The number of imidazole rings is 1. The lowest BCUT2D eigenvalue weighted by atomic mass is 10.1. The average Bonchev–Trinajstić information content (AvgIpc) is 3.10. The van der Waals surface area contributed by atoms with E-state index < -0.39 is 4.92 Å². The molecule has 0 fully saturated rings. The second kappa shape index (κ2) is 7.83. The van der Waals surface area contributed by atoms with Crippen molar-refractivity contribution in [1.82, 2.24) is 14.9 Å². The molecular weight excluding hydrogens is 352 g/mol. The number of benzene rings is 2. The van der Waals surface area contributed by atoms with Gasteiger partial charge in [0.1, 0.15) is 0 Å². The molecule has 2 aromatic carbocycles. The van der Waals surface area contributed by atoms with E-state index in [-0.39, 0.29) is 17.3 Å². The zero-order chi connectivity index (χ0) is 18.5. The van der Waals surface area contributed by atoms with Crippen molar-refractivity contribution in [3.63, 3.8) is 0 Å². The standard InChI is InChI=1S/C18H16N4O3S/c1-19-17(23)12-26-18-20-11-16(21(18)14-7-3-2-4-8-14)13-6-5-9-15(10-13)22(24)25/h2-11H,12H2,1H3,(H,19,23). The number of hydrogen-bond acceptors (Lipinski definition) is 5. The third-order valence-electron chi connectivity index (χ3n) is 3.71. The van der Waals surface area contributed by atoms with Crippen LogP contribution in [0.1, 0.15) is 0 Å². The zero-order valence-corrected chi connectivity index (χ0v) is 14.8. The summed E-state index contributed by atoms with van der Waals surface area (Å²) in [6.07, 6.45) is 1.66. The first kappa shape index (κ1) is 17.7. The fraction of sp³-hybridized carbons (Fsp3) is 0.111. The summed E-state index contributed by atoms with van der Waals surface area (Å²) in [6.45, 7) is 0. The molecule has 132 valence electrons. The fourth-order valence-electron chi connectivity index (χ4n) is 2.45. The van der Waals surface area contributed by atoms with E-state index in [0.717, 1.165) is 11.4 Å². The molecule has 1 amide bonds. The molecule has 0 unspecified atom stereocenters. The number of nitrogens with one attached hydrogen (secondary N) is 1. The quantitative estimate of drug-likeness (QED) is 0.410. The number of carbonyl (C=O) groups excluding carboxylic acids is 1. The van der Waals surface area contributed by atoms with Crippen LogP contribution in [-0.4, -0.2) is 33.2 Å². The van der Waals surface area contributed by atoms with Crippen molar-refractivity contribution in [2.24, 2.45) is 0 Å². The summed E-state index contributed by atoms with van der Waals surface area (Å²) in [5.41, 5.74) is 2.29. The maximum Gasteiger partial charge on any atom is 0.270 e. The molecule has 8 heteroatoms. The SMILES string of the molecule is CNC(=O)CSc1ncc(-c2cccc([N+](=O)[O-])c2)n1-c1ccccc1. The molecule has 26 heavy (non-hydrogen) atoms. The highest BCUT2D eigenvalue weighted by Gasteiger charge is 2.17. The molecular formula is C18H16N4O3S. The summed E-state index contributed by atoms with van der Waals surface area (Å²) in [4.78, 5) is 26.7. The van der Waals surface area contributed by atoms with Gasteiger partial charge in [0.25, 0.3) is 5.69 Å². The second-order valence-electron chi connectivity index (χ2n) is 5.37. The van der Waals surface area contributed by atoms with E-state index in [1.54, 1.807) is 25.4 Å². The maximum atomic E-state index is 11.6. The van der Waals surface area contributed by atoms with Gasteiger partial charge >= 0.3 is 0 Å². The van der Waals surface area contributed by atoms with Crippen molar-refractivity contribution >= 4 is 23.4 Å². The molecule has 0 radical (unpaired) electrons. The highest BCUT2D eigenvalue weighted by Crippen LogP contribution is 2.31. The van der Waals surface area contributed by atoms with E-state index in [2.05, 4.69) is 10.3 Å². The van der Waals surface area contributed by atoms with Gasteiger partial charge in [-0.15, -0.1) is 0 Å². The molecule has 1 heterocycles. The third kappa shape index (κ3) is 3.75. The van der Waals surface area contributed by atoms with Gasteiger partial charge in [0.15, 0.2) is 5.16 Å². The molecule has 0 saturated heterocycles. The van der Waals surface area contributed by atoms with Gasteiger partial charge < -0.3 is 5.32 Å². The fourth-order valence-corrected chi connectivity index (χ4v) is 3.31. The first-order chi connectivity index (χ1) is 12.6. The molecule has 7 nitrogen and oxygen atoms in total. The minimum absolute atomic E-state index is 0.0166. The van der Waals surface area contributed by atoms with Gasteiger partial charge in [0, 0.05) is 30.4 Å². The van der Waals surface area contributed by atoms with Gasteiger partial charge in [0.2, 0.25) is 5.91 Å². The Morgan fingerprint density at radius 3 is 2.69 bits per heavy atom. The maximum absolute atomic E-state index is 11.6. The number of nitro groups is 1. The number of carbonyl (C=O) groups is 1. The first-order valence-electron chi connectivity index (χ1n) is 7.81. The van der Waals surface area contributed by atoms with E-state index in [4.69, 9.17) is 0 Å². The molecule has 3 rings (SSSR count). The van der Waals surface area contributed by atoms with Gasteiger partial charge in [-0.2, -0.15) is 0 Å². The normalized spacial score (nSPS) is 10.5. The Labute approximate surface area is 154 Å². The lowest BCUT2D eigenvalue weighted by molar-refractivity contribution is -0.384. The van der Waals surface area contributed by atoms with E-state index in [1.165, 1.54) is 23.9 Å². The number of nitro benzene ring substituents is 1. The molecule has 0 spiro atoms. The van der Waals surface area contributed by atoms with E-state index >= 15 is 0 Å². The summed E-state index contributed by atoms with van der Waals surface area (Å²) < 4.78 is 1.90. The summed E-state index contributed by atoms with van der Waals surface area (Å²) in [7, 11) is 1.58. The third-order valence-corrected chi connectivity index (χ3v) is 4.66. The van der Waals surface area contributed by atoms with E-state index in [1.807, 2.05) is 34.9 Å². The minimum Gasteiger partial charge on any atom is -0.358 e. The molecule has 0 saturated carbocycles. The van der Waals surface area contributed by atoms with Crippen LogP contribution in [0.4, 0.5) is 5.69 Å². The predicted molar refractivity (Wildman–Crippen MR) is 100 cm³/mol. The van der Waals surface area contributed by atoms with Gasteiger partial charge in [-0.3, -0.25) is 19.5 Å². The Hall–Kier alpha value is -3.13. The van der Waals surface area contributed by atoms with Crippen LogP contribution in [-0.2, 0) is 4.79 Å². The van der Waals surface area contributed by atoms with E-state index in [0.29, 0.717) is 10.7 Å². The summed E-state index contributed by atoms with van der Waals surface area (Å²) in [5, 5.41) is 14.3. The number of rotatable bonds is 6. The van der Waals surface area contributed by atoms with Gasteiger partial charge in [-0.1, -0.05) is 42.1 Å². The van der Waals surface area contributed by atoms with Gasteiger partial charge in [-0.05, 0) is 12.1 Å². The smallest absolute Gasteiger partial charge is 0.270 e. The largest absolute Gasteiger partial charge is 0.358 e. The van der Waals surface area contributed by atoms with Crippen molar-refractivity contribution in [3.8, 4) is 16.9 Å². The first-order valence-corrected chi connectivity index (χ1v) is 8.80. The average molecular weight is 368 g/mol. The van der Waals surface area contributed by atoms with Crippen molar-refractivity contribution in [1.29, 1.82) is 0 Å². The molecule has 0 bridgehead atoms. The lowest BCUT2D eigenvalue weighted by Crippen LogP contribution is -2.20. The number of thioether (sulfide) groups is 1. The molecule has 0 atom stereocenters. The lowest BCUT2D eigenvalue weighted by Gasteiger charge is -2.12. The van der Waals surface area contributed by atoms with Crippen LogP contribution in [0.3, 0.4) is 0 Å². The zero-order valence-electron chi connectivity index (χ0n) is 14.0. The summed E-state index contributed by atoms with van der Waals surface area (Å²) in [5.74, 6) is 0.129. The Kier molecular flexibility index (Phi) is 5.33.